The first-order valence-corrected chi connectivity index (χ1v) is 10.1. The molecule has 2 saturated heterocycles. The number of ether oxygens (including phenoxy) is 1. The lowest BCUT2D eigenvalue weighted by Gasteiger charge is -2.48. The fraction of sp³-hybridized carbons (Fsp3) is 0.545. The number of piperidine rings is 2. The predicted molar refractivity (Wildman–Crippen MR) is 106 cm³/mol. The van der Waals surface area contributed by atoms with Gasteiger partial charge in [0.05, 0.1) is 12.2 Å². The largest absolute Gasteiger partial charge is 0.461 e. The van der Waals surface area contributed by atoms with Crippen molar-refractivity contribution in [2.45, 2.75) is 32.6 Å². The van der Waals surface area contributed by atoms with Gasteiger partial charge in [0, 0.05) is 50.5 Å². The van der Waals surface area contributed by atoms with E-state index in [9.17, 15) is 9.59 Å². The number of hydrogen-bond donors (Lipinski definition) is 0. The molecule has 2 fully saturated rings. The molecule has 2 aliphatic rings. The van der Waals surface area contributed by atoms with Crippen LogP contribution in [-0.4, -0.2) is 61.5 Å². The molecule has 0 saturated carbocycles. The van der Waals surface area contributed by atoms with Crippen LogP contribution < -0.4 is 0 Å². The highest BCUT2D eigenvalue weighted by Gasteiger charge is 2.42. The Balaban J connectivity index is 1.54. The number of rotatable bonds is 4. The lowest BCUT2D eigenvalue weighted by molar-refractivity contribution is -0.139. The number of aryl methyl sites for hydroxylation is 1. The number of nitrogens with zero attached hydrogens (tertiary/aromatic N) is 2. The number of carbonyl (C=O) groups is 2. The maximum Gasteiger partial charge on any atom is 0.257 e. The monoisotopic (exact) mass is 384 g/mol. The predicted octanol–water partition coefficient (Wildman–Crippen LogP) is 3.23. The zero-order chi connectivity index (χ0) is 19.7. The van der Waals surface area contributed by atoms with Gasteiger partial charge in [0.2, 0.25) is 5.91 Å². The molecule has 0 radical (unpaired) electrons. The second-order valence-corrected chi connectivity index (χ2v) is 8.22. The van der Waals surface area contributed by atoms with Crippen LogP contribution in [0, 0.1) is 12.3 Å². The third-order valence-electron chi connectivity index (χ3n) is 6.16. The van der Waals surface area contributed by atoms with Gasteiger partial charge in [-0.2, -0.15) is 0 Å². The van der Waals surface area contributed by atoms with Gasteiger partial charge >= 0.3 is 0 Å². The van der Waals surface area contributed by atoms with E-state index in [1.165, 1.54) is 0 Å². The van der Waals surface area contributed by atoms with Crippen molar-refractivity contribution in [3.63, 3.8) is 0 Å². The van der Waals surface area contributed by atoms with Gasteiger partial charge in [-0.3, -0.25) is 9.59 Å². The molecule has 0 aliphatic carbocycles. The molecule has 1 unspecified atom stereocenters. The number of methoxy groups -OCH3 is 1. The summed E-state index contributed by atoms with van der Waals surface area (Å²) < 4.78 is 11.0. The molecule has 1 atom stereocenters. The minimum atomic E-state index is -0.0114. The summed E-state index contributed by atoms with van der Waals surface area (Å²) in [6, 6.07) is 7.70. The maximum atomic E-state index is 13.3. The highest BCUT2D eigenvalue weighted by atomic mass is 16.5. The van der Waals surface area contributed by atoms with Crippen LogP contribution in [0.5, 0.6) is 0 Å². The SMILES string of the molecule is COCCN1CC2(CCCN(C(=O)c3cccc4cc(C)oc34)C2)CCC1=O. The van der Waals surface area contributed by atoms with Crippen LogP contribution in [-0.2, 0) is 9.53 Å². The Morgan fingerprint density at radius 1 is 1.29 bits per heavy atom. The van der Waals surface area contributed by atoms with E-state index in [1.807, 2.05) is 41.0 Å². The standard InChI is InChI=1S/C22H28N2O4/c1-16-13-17-5-3-6-18(20(17)28-16)21(26)24-10-4-8-22(15-24)9-7-19(25)23(14-22)11-12-27-2/h3,5-6,13H,4,7-12,14-15H2,1-2H3. The van der Waals surface area contributed by atoms with Crippen LogP contribution in [0.1, 0.15) is 41.8 Å². The summed E-state index contributed by atoms with van der Waals surface area (Å²) in [4.78, 5) is 29.5. The summed E-state index contributed by atoms with van der Waals surface area (Å²) in [5.41, 5.74) is 1.29. The van der Waals surface area contributed by atoms with Crippen LogP contribution in [0.2, 0.25) is 0 Å². The molecule has 0 N–H and O–H groups in total. The lowest BCUT2D eigenvalue weighted by Crippen LogP contribution is -2.55. The zero-order valence-electron chi connectivity index (χ0n) is 16.7. The van der Waals surface area contributed by atoms with Gasteiger partial charge in [-0.1, -0.05) is 12.1 Å². The average molecular weight is 384 g/mol. The molecule has 28 heavy (non-hydrogen) atoms. The van der Waals surface area contributed by atoms with Crippen molar-refractivity contribution in [1.82, 2.24) is 9.80 Å². The van der Waals surface area contributed by atoms with E-state index in [0.29, 0.717) is 43.8 Å². The normalized spacial score (nSPS) is 23.0. The third kappa shape index (κ3) is 3.53. The fourth-order valence-corrected chi connectivity index (χ4v) is 4.75. The number of amides is 2. The van der Waals surface area contributed by atoms with Gasteiger partial charge in [-0.15, -0.1) is 0 Å². The summed E-state index contributed by atoms with van der Waals surface area (Å²) in [5, 5.41) is 0.962. The summed E-state index contributed by atoms with van der Waals surface area (Å²) in [7, 11) is 1.65. The smallest absolute Gasteiger partial charge is 0.257 e. The van der Waals surface area contributed by atoms with Crippen molar-refractivity contribution in [1.29, 1.82) is 0 Å². The molecule has 2 aliphatic heterocycles. The first-order valence-electron chi connectivity index (χ1n) is 10.1. The van der Waals surface area contributed by atoms with Gasteiger partial charge in [0.15, 0.2) is 0 Å². The quantitative estimate of drug-likeness (QED) is 0.812. The van der Waals surface area contributed by atoms with Crippen LogP contribution in [0.3, 0.4) is 0 Å². The van der Waals surface area contributed by atoms with Crippen molar-refractivity contribution in [2.75, 3.05) is 39.9 Å². The summed E-state index contributed by atoms with van der Waals surface area (Å²) in [6.07, 6.45) is 3.42. The van der Waals surface area contributed by atoms with Crippen LogP contribution in [0.15, 0.2) is 28.7 Å². The molecule has 2 aromatic rings. The number of benzene rings is 1. The number of carbonyl (C=O) groups excluding carboxylic acids is 2. The van der Waals surface area contributed by atoms with E-state index >= 15 is 0 Å². The highest BCUT2D eigenvalue weighted by Crippen LogP contribution is 2.39. The number of likely N-dealkylation sites (tertiary alicyclic amines) is 2. The van der Waals surface area contributed by atoms with E-state index < -0.39 is 0 Å². The second-order valence-electron chi connectivity index (χ2n) is 8.22. The highest BCUT2D eigenvalue weighted by molar-refractivity contribution is 6.05. The van der Waals surface area contributed by atoms with Gasteiger partial charge in [0.25, 0.3) is 5.91 Å². The zero-order valence-corrected chi connectivity index (χ0v) is 16.7. The van der Waals surface area contributed by atoms with Gasteiger partial charge < -0.3 is 19.0 Å². The van der Waals surface area contributed by atoms with Crippen molar-refractivity contribution in [2.24, 2.45) is 5.41 Å². The molecule has 6 nitrogen and oxygen atoms in total. The lowest BCUT2D eigenvalue weighted by atomic mass is 9.73. The Labute approximate surface area is 165 Å². The molecule has 1 spiro atoms. The Morgan fingerprint density at radius 2 is 2.14 bits per heavy atom. The molecular weight excluding hydrogens is 356 g/mol. The second kappa shape index (κ2) is 7.59. The molecule has 4 rings (SSSR count). The number of furan rings is 1. The number of fused-ring (bicyclic) bond motifs is 1. The Kier molecular flexibility index (Phi) is 5.15. The van der Waals surface area contributed by atoms with Crippen LogP contribution >= 0.6 is 0 Å². The van der Waals surface area contributed by atoms with E-state index in [2.05, 4.69) is 0 Å². The topological polar surface area (TPSA) is 63.0 Å². The van der Waals surface area contributed by atoms with E-state index in [4.69, 9.17) is 9.15 Å². The molecule has 1 aromatic carbocycles. The molecule has 6 heteroatoms. The molecule has 3 heterocycles. The van der Waals surface area contributed by atoms with Gasteiger partial charge in [0.1, 0.15) is 11.3 Å². The van der Waals surface area contributed by atoms with Crippen LogP contribution in [0.25, 0.3) is 11.0 Å². The first-order chi connectivity index (χ1) is 13.5. The van der Waals surface area contributed by atoms with E-state index in [0.717, 1.165) is 37.0 Å². The molecule has 150 valence electrons. The summed E-state index contributed by atoms with van der Waals surface area (Å²) >= 11 is 0. The van der Waals surface area contributed by atoms with E-state index in [-0.39, 0.29) is 17.2 Å². The Bertz CT molecular complexity index is 890. The minimum absolute atomic E-state index is 0.0114. The van der Waals surface area contributed by atoms with Gasteiger partial charge in [-0.05, 0) is 38.3 Å². The summed E-state index contributed by atoms with van der Waals surface area (Å²) in [5.74, 6) is 1.03. The van der Waals surface area contributed by atoms with Crippen molar-refractivity contribution in [3.05, 3.63) is 35.6 Å². The maximum absolute atomic E-state index is 13.3. The van der Waals surface area contributed by atoms with Crippen molar-refractivity contribution >= 4 is 22.8 Å². The fourth-order valence-electron chi connectivity index (χ4n) is 4.75. The Hall–Kier alpha value is -2.34. The first kappa shape index (κ1) is 19.0. The van der Waals surface area contributed by atoms with Crippen molar-refractivity contribution < 1.29 is 18.7 Å². The Morgan fingerprint density at radius 3 is 2.96 bits per heavy atom. The van der Waals surface area contributed by atoms with Crippen molar-refractivity contribution in [3.8, 4) is 0 Å². The number of hydrogen-bond acceptors (Lipinski definition) is 4. The van der Waals surface area contributed by atoms with Crippen LogP contribution in [0.4, 0.5) is 0 Å². The molecule has 1 aromatic heterocycles. The third-order valence-corrected chi connectivity index (χ3v) is 6.16. The molecule has 2 amide bonds. The summed E-state index contributed by atoms with van der Waals surface area (Å²) in [6.45, 7) is 5.22. The molecular formula is C22H28N2O4. The minimum Gasteiger partial charge on any atom is -0.461 e. The average Bonchev–Trinajstić information content (AvgIpc) is 3.08. The van der Waals surface area contributed by atoms with Gasteiger partial charge in [-0.25, -0.2) is 0 Å². The van der Waals surface area contributed by atoms with E-state index in [1.54, 1.807) is 7.11 Å². The molecule has 0 bridgehead atoms. The number of para-hydroxylation sites is 1.